The number of aromatic nitrogens is 2. The summed E-state index contributed by atoms with van der Waals surface area (Å²) in [5.41, 5.74) is 0.642. The summed E-state index contributed by atoms with van der Waals surface area (Å²) in [5.74, 6) is 0.959. The maximum atomic E-state index is 11.7. The molecule has 0 saturated heterocycles. The summed E-state index contributed by atoms with van der Waals surface area (Å²) >= 11 is 1.40. The average Bonchev–Trinajstić information content (AvgIpc) is 3.25. The molecule has 0 aliphatic rings. The van der Waals surface area contributed by atoms with Crippen LogP contribution in [0.15, 0.2) is 52.5 Å². The van der Waals surface area contributed by atoms with Crippen LogP contribution in [0.25, 0.3) is 11.5 Å². The van der Waals surface area contributed by atoms with Gasteiger partial charge < -0.3 is 14.5 Å². The average molecular weight is 315 g/mol. The van der Waals surface area contributed by atoms with Crippen molar-refractivity contribution in [1.29, 1.82) is 0 Å². The second-order valence-electron chi connectivity index (χ2n) is 4.32. The SMILES string of the molecule is O=C(NCCOc1ccc(-c2ccco2)nn1)c1cccs1. The molecule has 0 atom stereocenters. The summed E-state index contributed by atoms with van der Waals surface area (Å²) in [6.07, 6.45) is 1.58. The highest BCUT2D eigenvalue weighted by molar-refractivity contribution is 7.12. The monoisotopic (exact) mass is 315 g/mol. The first-order valence-electron chi connectivity index (χ1n) is 6.65. The molecule has 0 bridgehead atoms. The van der Waals surface area contributed by atoms with Gasteiger partial charge >= 0.3 is 0 Å². The topological polar surface area (TPSA) is 77.2 Å². The van der Waals surface area contributed by atoms with Crippen LogP contribution in [0.4, 0.5) is 0 Å². The first-order valence-corrected chi connectivity index (χ1v) is 7.53. The van der Waals surface area contributed by atoms with Crippen LogP contribution in [0.5, 0.6) is 5.88 Å². The normalized spacial score (nSPS) is 10.4. The highest BCUT2D eigenvalue weighted by atomic mass is 32.1. The number of rotatable bonds is 6. The summed E-state index contributed by atoms with van der Waals surface area (Å²) < 4.78 is 10.7. The van der Waals surface area contributed by atoms with Crippen LogP contribution in [0, 0.1) is 0 Å². The molecule has 0 unspecified atom stereocenters. The Kier molecular flexibility index (Phi) is 4.45. The second kappa shape index (κ2) is 6.86. The molecule has 7 heteroatoms. The third-order valence-electron chi connectivity index (χ3n) is 2.80. The maximum absolute atomic E-state index is 11.7. The summed E-state index contributed by atoms with van der Waals surface area (Å²) in [5, 5.41) is 12.6. The predicted molar refractivity (Wildman–Crippen MR) is 81.9 cm³/mol. The number of carbonyl (C=O) groups excluding carboxylic acids is 1. The van der Waals surface area contributed by atoms with E-state index in [9.17, 15) is 4.79 Å². The molecular weight excluding hydrogens is 302 g/mol. The number of thiophene rings is 1. The Morgan fingerprint density at radius 2 is 2.18 bits per heavy atom. The highest BCUT2D eigenvalue weighted by Gasteiger charge is 2.06. The number of furan rings is 1. The van der Waals surface area contributed by atoms with Gasteiger partial charge in [-0.25, -0.2) is 0 Å². The van der Waals surface area contributed by atoms with Crippen molar-refractivity contribution in [2.75, 3.05) is 13.2 Å². The van der Waals surface area contributed by atoms with Gasteiger partial charge in [0.25, 0.3) is 5.91 Å². The molecule has 112 valence electrons. The number of ether oxygens (including phenoxy) is 1. The zero-order valence-corrected chi connectivity index (χ0v) is 12.4. The van der Waals surface area contributed by atoms with E-state index in [1.54, 1.807) is 30.5 Å². The Morgan fingerprint density at radius 1 is 1.23 bits per heavy atom. The number of carbonyl (C=O) groups is 1. The summed E-state index contributed by atoms with van der Waals surface area (Å²) in [6.45, 7) is 0.726. The van der Waals surface area contributed by atoms with Crippen molar-refractivity contribution >= 4 is 17.2 Å². The minimum atomic E-state index is -0.0992. The molecule has 0 fully saturated rings. The van der Waals surface area contributed by atoms with E-state index in [4.69, 9.17) is 9.15 Å². The molecular formula is C15H13N3O3S. The lowest BCUT2D eigenvalue weighted by Gasteiger charge is -2.06. The van der Waals surface area contributed by atoms with Gasteiger partial charge in [0.05, 0.1) is 17.7 Å². The van der Waals surface area contributed by atoms with Gasteiger partial charge in [-0.05, 0) is 29.6 Å². The number of amides is 1. The van der Waals surface area contributed by atoms with Crippen LogP contribution < -0.4 is 10.1 Å². The van der Waals surface area contributed by atoms with E-state index in [1.165, 1.54) is 11.3 Å². The van der Waals surface area contributed by atoms with E-state index in [-0.39, 0.29) is 5.91 Å². The third-order valence-corrected chi connectivity index (χ3v) is 3.66. The molecule has 1 amide bonds. The van der Waals surface area contributed by atoms with Crippen LogP contribution in [0.2, 0.25) is 0 Å². The first kappa shape index (κ1) is 14.3. The smallest absolute Gasteiger partial charge is 0.261 e. The lowest BCUT2D eigenvalue weighted by molar-refractivity contribution is 0.0950. The van der Waals surface area contributed by atoms with Crippen LogP contribution in [-0.4, -0.2) is 29.3 Å². The molecule has 3 aromatic heterocycles. The summed E-state index contributed by atoms with van der Waals surface area (Å²) in [7, 11) is 0. The van der Waals surface area contributed by atoms with Crippen molar-refractivity contribution in [3.05, 3.63) is 52.9 Å². The third kappa shape index (κ3) is 3.50. The van der Waals surface area contributed by atoms with E-state index in [0.29, 0.717) is 35.4 Å². The first-order chi connectivity index (χ1) is 10.8. The quantitative estimate of drug-likeness (QED) is 0.708. The zero-order valence-electron chi connectivity index (χ0n) is 11.6. The Labute approximate surface area is 130 Å². The predicted octanol–water partition coefficient (Wildman–Crippen LogP) is 2.61. The van der Waals surface area contributed by atoms with Crippen molar-refractivity contribution in [3.8, 4) is 17.3 Å². The number of hydrogen-bond acceptors (Lipinski definition) is 6. The lowest BCUT2D eigenvalue weighted by atomic mass is 10.3. The summed E-state index contributed by atoms with van der Waals surface area (Å²) in [6, 6.07) is 10.7. The Balaban J connectivity index is 1.45. The Hall–Kier alpha value is -2.67. The van der Waals surface area contributed by atoms with E-state index in [2.05, 4.69) is 15.5 Å². The molecule has 3 aromatic rings. The van der Waals surface area contributed by atoms with Gasteiger partial charge in [-0.15, -0.1) is 21.5 Å². The molecule has 1 N–H and O–H groups in total. The largest absolute Gasteiger partial charge is 0.475 e. The van der Waals surface area contributed by atoms with Crippen LogP contribution >= 0.6 is 11.3 Å². The van der Waals surface area contributed by atoms with E-state index >= 15 is 0 Å². The lowest BCUT2D eigenvalue weighted by Crippen LogP contribution is -2.27. The van der Waals surface area contributed by atoms with Gasteiger partial charge in [-0.1, -0.05) is 6.07 Å². The van der Waals surface area contributed by atoms with Crippen LogP contribution in [0.1, 0.15) is 9.67 Å². The number of hydrogen-bond donors (Lipinski definition) is 1. The Morgan fingerprint density at radius 3 is 2.86 bits per heavy atom. The zero-order chi connectivity index (χ0) is 15.2. The van der Waals surface area contributed by atoms with Gasteiger partial charge in [0.1, 0.15) is 12.3 Å². The molecule has 3 heterocycles. The van der Waals surface area contributed by atoms with Crippen molar-refractivity contribution in [2.45, 2.75) is 0 Å². The molecule has 6 nitrogen and oxygen atoms in total. The van der Waals surface area contributed by atoms with Crippen molar-refractivity contribution < 1.29 is 13.9 Å². The maximum Gasteiger partial charge on any atom is 0.261 e. The van der Waals surface area contributed by atoms with Gasteiger partial charge in [0.2, 0.25) is 5.88 Å². The second-order valence-corrected chi connectivity index (χ2v) is 5.26. The van der Waals surface area contributed by atoms with Gasteiger partial charge in [-0.3, -0.25) is 4.79 Å². The minimum Gasteiger partial charge on any atom is -0.475 e. The van der Waals surface area contributed by atoms with E-state index in [0.717, 1.165) is 0 Å². The summed E-state index contributed by atoms with van der Waals surface area (Å²) in [4.78, 5) is 12.4. The molecule has 0 saturated carbocycles. The van der Waals surface area contributed by atoms with Crippen molar-refractivity contribution in [2.24, 2.45) is 0 Å². The van der Waals surface area contributed by atoms with Gasteiger partial charge in [-0.2, -0.15) is 0 Å². The fraction of sp³-hybridized carbons (Fsp3) is 0.133. The van der Waals surface area contributed by atoms with E-state index in [1.807, 2.05) is 17.5 Å². The van der Waals surface area contributed by atoms with Crippen molar-refractivity contribution in [1.82, 2.24) is 15.5 Å². The number of nitrogens with zero attached hydrogens (tertiary/aromatic N) is 2. The highest BCUT2D eigenvalue weighted by Crippen LogP contribution is 2.17. The van der Waals surface area contributed by atoms with Crippen molar-refractivity contribution in [3.63, 3.8) is 0 Å². The van der Waals surface area contributed by atoms with Gasteiger partial charge in [0.15, 0.2) is 5.76 Å². The molecule has 0 spiro atoms. The fourth-order valence-corrected chi connectivity index (χ4v) is 2.41. The molecule has 0 aliphatic heterocycles. The standard InChI is InChI=1S/C15H13N3O3S/c19-15(13-4-2-10-22-13)16-7-9-21-14-6-5-11(17-18-14)12-3-1-8-20-12/h1-6,8,10H,7,9H2,(H,16,19). The number of nitrogens with one attached hydrogen (secondary N) is 1. The minimum absolute atomic E-state index is 0.0992. The van der Waals surface area contributed by atoms with Crippen LogP contribution in [-0.2, 0) is 0 Å². The fourth-order valence-electron chi connectivity index (χ4n) is 1.77. The molecule has 0 aliphatic carbocycles. The molecule has 22 heavy (non-hydrogen) atoms. The molecule has 0 aromatic carbocycles. The van der Waals surface area contributed by atoms with Crippen LogP contribution in [0.3, 0.4) is 0 Å². The molecule has 3 rings (SSSR count). The van der Waals surface area contributed by atoms with Gasteiger partial charge in [0, 0.05) is 6.07 Å². The van der Waals surface area contributed by atoms with E-state index < -0.39 is 0 Å². The Bertz CT molecular complexity index is 709. The molecule has 0 radical (unpaired) electrons.